The van der Waals surface area contributed by atoms with Crippen molar-refractivity contribution in [1.29, 1.82) is 0 Å². The lowest BCUT2D eigenvalue weighted by molar-refractivity contribution is -0.143. The van der Waals surface area contributed by atoms with Crippen LogP contribution in [0, 0.1) is 5.41 Å². The first-order valence-electron chi connectivity index (χ1n) is 7.63. The molecule has 1 fully saturated rings. The number of aromatic nitrogens is 2. The van der Waals surface area contributed by atoms with E-state index in [0.717, 1.165) is 38.8 Å². The summed E-state index contributed by atoms with van der Waals surface area (Å²) in [6, 6.07) is 0.470. The molecular formula is C15H28Cl2N4O. The second-order valence-electron chi connectivity index (χ2n) is 5.72. The van der Waals surface area contributed by atoms with Gasteiger partial charge in [0, 0.05) is 38.1 Å². The van der Waals surface area contributed by atoms with E-state index < -0.39 is 0 Å². The normalized spacial score (nSPS) is 15.9. The van der Waals surface area contributed by atoms with Crippen molar-refractivity contribution in [3.63, 3.8) is 0 Å². The van der Waals surface area contributed by atoms with Gasteiger partial charge in [0.25, 0.3) is 0 Å². The molecule has 2 N–H and O–H groups in total. The van der Waals surface area contributed by atoms with Gasteiger partial charge in [0.1, 0.15) is 0 Å². The van der Waals surface area contributed by atoms with Crippen molar-refractivity contribution >= 4 is 30.7 Å². The van der Waals surface area contributed by atoms with Gasteiger partial charge < -0.3 is 15.2 Å². The van der Waals surface area contributed by atoms with Gasteiger partial charge in [0.15, 0.2) is 0 Å². The van der Waals surface area contributed by atoms with Crippen LogP contribution in [0.1, 0.15) is 45.6 Å². The highest BCUT2D eigenvalue weighted by molar-refractivity contribution is 5.85. The van der Waals surface area contributed by atoms with Crippen LogP contribution < -0.4 is 5.73 Å². The predicted molar refractivity (Wildman–Crippen MR) is 93.6 cm³/mol. The number of carbonyl (C=O) groups is 1. The molecule has 22 heavy (non-hydrogen) atoms. The number of hydrogen-bond donors (Lipinski definition) is 1. The summed E-state index contributed by atoms with van der Waals surface area (Å²) in [6.07, 6.45) is 9.31. The third-order valence-electron chi connectivity index (χ3n) is 4.90. The molecule has 0 atom stereocenters. The Morgan fingerprint density at radius 3 is 2.27 bits per heavy atom. The van der Waals surface area contributed by atoms with Crippen molar-refractivity contribution in [3.8, 4) is 0 Å². The molecule has 128 valence electrons. The summed E-state index contributed by atoms with van der Waals surface area (Å²) in [5.41, 5.74) is 5.52. The Morgan fingerprint density at radius 1 is 1.27 bits per heavy atom. The lowest BCUT2D eigenvalue weighted by Crippen LogP contribution is -2.50. The third kappa shape index (κ3) is 4.15. The number of nitrogens with zero attached hydrogens (tertiary/aromatic N) is 3. The van der Waals surface area contributed by atoms with Gasteiger partial charge in [-0.05, 0) is 25.7 Å². The van der Waals surface area contributed by atoms with E-state index >= 15 is 0 Å². The topological polar surface area (TPSA) is 64.2 Å². The van der Waals surface area contributed by atoms with E-state index in [0.29, 0.717) is 12.6 Å². The monoisotopic (exact) mass is 350 g/mol. The van der Waals surface area contributed by atoms with E-state index in [-0.39, 0.29) is 36.1 Å². The van der Waals surface area contributed by atoms with E-state index in [1.54, 1.807) is 0 Å². The molecule has 0 spiro atoms. The second-order valence-corrected chi connectivity index (χ2v) is 5.72. The third-order valence-corrected chi connectivity index (χ3v) is 4.90. The Bertz CT molecular complexity index is 418. The molecule has 0 unspecified atom stereocenters. The van der Waals surface area contributed by atoms with Crippen LogP contribution in [0.25, 0.3) is 0 Å². The van der Waals surface area contributed by atoms with Gasteiger partial charge in [-0.15, -0.1) is 24.8 Å². The van der Waals surface area contributed by atoms with Crippen LogP contribution in [0.2, 0.25) is 0 Å². The molecule has 1 aromatic heterocycles. The van der Waals surface area contributed by atoms with Crippen molar-refractivity contribution in [1.82, 2.24) is 14.5 Å². The highest BCUT2D eigenvalue weighted by Crippen LogP contribution is 2.31. The van der Waals surface area contributed by atoms with Crippen LogP contribution >= 0.6 is 24.8 Å². The van der Waals surface area contributed by atoms with Crippen LogP contribution in [-0.4, -0.2) is 40.0 Å². The van der Waals surface area contributed by atoms with E-state index in [9.17, 15) is 4.79 Å². The average Bonchev–Trinajstić information content (AvgIpc) is 3.04. The molecule has 0 saturated carbocycles. The van der Waals surface area contributed by atoms with Crippen LogP contribution in [0.3, 0.4) is 0 Å². The van der Waals surface area contributed by atoms with E-state index in [1.165, 1.54) is 0 Å². The zero-order chi connectivity index (χ0) is 14.6. The summed E-state index contributed by atoms with van der Waals surface area (Å²) in [6.45, 7) is 6.21. The lowest BCUT2D eigenvalue weighted by Gasteiger charge is -2.39. The molecule has 1 amide bonds. The minimum atomic E-state index is -0.359. The van der Waals surface area contributed by atoms with Crippen LogP contribution in [-0.2, 0) is 4.79 Å². The molecule has 1 aromatic rings. The average molecular weight is 351 g/mol. The van der Waals surface area contributed by atoms with E-state index in [4.69, 9.17) is 5.73 Å². The Morgan fingerprint density at radius 2 is 1.86 bits per heavy atom. The highest BCUT2D eigenvalue weighted by Gasteiger charge is 2.38. The number of amides is 1. The van der Waals surface area contributed by atoms with E-state index in [2.05, 4.69) is 23.4 Å². The first-order chi connectivity index (χ1) is 9.66. The van der Waals surface area contributed by atoms with E-state index in [1.807, 2.05) is 23.6 Å². The smallest absolute Gasteiger partial charge is 0.230 e. The quantitative estimate of drug-likeness (QED) is 0.887. The van der Waals surface area contributed by atoms with Crippen LogP contribution in [0.5, 0.6) is 0 Å². The number of likely N-dealkylation sites (tertiary alicyclic amines) is 1. The fraction of sp³-hybridized carbons (Fsp3) is 0.733. The molecule has 5 nitrogen and oxygen atoms in total. The molecule has 1 aliphatic heterocycles. The van der Waals surface area contributed by atoms with Gasteiger partial charge in [-0.25, -0.2) is 4.98 Å². The number of halogens is 2. The van der Waals surface area contributed by atoms with Crippen molar-refractivity contribution in [2.24, 2.45) is 11.1 Å². The zero-order valence-corrected chi connectivity index (χ0v) is 15.0. The molecule has 1 aliphatic rings. The van der Waals surface area contributed by atoms with Crippen molar-refractivity contribution in [3.05, 3.63) is 18.7 Å². The molecule has 1 saturated heterocycles. The molecule has 0 radical (unpaired) electrons. The maximum atomic E-state index is 12.7. The molecule has 7 heteroatoms. The maximum Gasteiger partial charge on any atom is 0.230 e. The van der Waals surface area contributed by atoms with Gasteiger partial charge in [0.05, 0.1) is 11.7 Å². The number of hydrogen-bond acceptors (Lipinski definition) is 3. The number of nitrogens with two attached hydrogens (primary N) is 1. The van der Waals surface area contributed by atoms with Crippen LogP contribution in [0.4, 0.5) is 0 Å². The summed E-state index contributed by atoms with van der Waals surface area (Å²) in [5.74, 6) is 0.245. The number of imidazole rings is 1. The summed E-state index contributed by atoms with van der Waals surface area (Å²) in [7, 11) is 0. The first kappa shape index (κ1) is 21.2. The van der Waals surface area contributed by atoms with Crippen LogP contribution in [0.15, 0.2) is 18.7 Å². The Labute approximate surface area is 145 Å². The molecule has 2 rings (SSSR count). The minimum absolute atomic E-state index is 0. The summed E-state index contributed by atoms with van der Waals surface area (Å²) >= 11 is 0. The SMILES string of the molecule is CCC(CC)(CN)C(=O)N1CCC(n2ccnc2)CC1.Cl.Cl. The molecule has 0 aliphatic carbocycles. The van der Waals surface area contributed by atoms with Crippen molar-refractivity contribution < 1.29 is 4.79 Å². The number of piperidine rings is 1. The zero-order valence-electron chi connectivity index (χ0n) is 13.4. The molecule has 0 aromatic carbocycles. The Balaban J connectivity index is 0.00000220. The Hall–Kier alpha value is -0.780. The largest absolute Gasteiger partial charge is 0.342 e. The fourth-order valence-corrected chi connectivity index (χ4v) is 3.12. The van der Waals surface area contributed by atoms with Crippen molar-refractivity contribution in [2.45, 2.75) is 45.6 Å². The number of carbonyl (C=O) groups excluding carboxylic acids is 1. The van der Waals surface area contributed by atoms with Gasteiger partial charge in [-0.1, -0.05) is 13.8 Å². The molecule has 0 bridgehead atoms. The van der Waals surface area contributed by atoms with Gasteiger partial charge >= 0.3 is 0 Å². The minimum Gasteiger partial charge on any atom is -0.342 e. The summed E-state index contributed by atoms with van der Waals surface area (Å²) in [5, 5.41) is 0. The van der Waals surface area contributed by atoms with Gasteiger partial charge in [0.2, 0.25) is 5.91 Å². The van der Waals surface area contributed by atoms with Gasteiger partial charge in [-0.2, -0.15) is 0 Å². The fourth-order valence-electron chi connectivity index (χ4n) is 3.12. The summed E-state index contributed by atoms with van der Waals surface area (Å²) < 4.78 is 2.15. The second kappa shape index (κ2) is 9.38. The Kier molecular flexibility index (Phi) is 9.05. The first-order valence-corrected chi connectivity index (χ1v) is 7.63. The predicted octanol–water partition coefficient (Wildman–Crippen LogP) is 2.66. The number of rotatable bonds is 5. The molecule has 2 heterocycles. The van der Waals surface area contributed by atoms with Gasteiger partial charge in [-0.3, -0.25) is 4.79 Å². The summed E-state index contributed by atoms with van der Waals surface area (Å²) in [4.78, 5) is 18.8. The lowest BCUT2D eigenvalue weighted by atomic mass is 9.80. The molecular weight excluding hydrogens is 323 g/mol. The standard InChI is InChI=1S/C15H26N4O.2ClH/c1-3-15(4-2,11-16)14(20)18-8-5-13(6-9-18)19-10-7-17-12-19;;/h7,10,12-13H,3-6,8-9,11,16H2,1-2H3;2*1H. The maximum absolute atomic E-state index is 12.7. The highest BCUT2D eigenvalue weighted by atomic mass is 35.5. The van der Waals surface area contributed by atoms with Crippen molar-refractivity contribution in [2.75, 3.05) is 19.6 Å².